The zero-order chi connectivity index (χ0) is 14.4. The Morgan fingerprint density at radius 2 is 1.80 bits per heavy atom. The molecule has 0 spiro atoms. The van der Waals surface area contributed by atoms with E-state index >= 15 is 0 Å². The summed E-state index contributed by atoms with van der Waals surface area (Å²) in [6.07, 6.45) is 4.13. The fourth-order valence-corrected chi connectivity index (χ4v) is 2.38. The van der Waals surface area contributed by atoms with E-state index in [4.69, 9.17) is 9.47 Å². The van der Waals surface area contributed by atoms with Gasteiger partial charge in [-0.05, 0) is 23.3 Å². The first kappa shape index (κ1) is 14.8. The lowest BCUT2D eigenvalue weighted by atomic mass is 10.1. The molecule has 2 nitrogen and oxygen atoms in total. The molecule has 0 aliphatic rings. The Morgan fingerprint density at radius 1 is 1.05 bits per heavy atom. The van der Waals surface area contributed by atoms with E-state index in [0.717, 1.165) is 26.9 Å². The molecule has 20 heavy (non-hydrogen) atoms. The van der Waals surface area contributed by atoms with Crippen molar-refractivity contribution in [1.29, 1.82) is 0 Å². The van der Waals surface area contributed by atoms with Crippen LogP contribution in [-0.2, 0) is 11.3 Å². The maximum Gasteiger partial charge on any atom is 0.127 e. The van der Waals surface area contributed by atoms with Crippen LogP contribution in [0.3, 0.4) is 0 Å². The van der Waals surface area contributed by atoms with Gasteiger partial charge < -0.3 is 9.47 Å². The zero-order valence-electron chi connectivity index (χ0n) is 11.6. The Kier molecular flexibility index (Phi) is 5.39. The fourth-order valence-electron chi connectivity index (χ4n) is 1.94. The molecular weight excluding hydrogens is 316 g/mol. The molecule has 2 aromatic rings. The van der Waals surface area contributed by atoms with E-state index in [0.29, 0.717) is 6.61 Å². The second kappa shape index (κ2) is 7.27. The summed E-state index contributed by atoms with van der Waals surface area (Å²) in [6, 6.07) is 14.2. The first-order valence-electron chi connectivity index (χ1n) is 6.33. The molecule has 2 rings (SSSR count). The normalized spacial score (nSPS) is 10.9. The van der Waals surface area contributed by atoms with Crippen LogP contribution in [0.2, 0.25) is 0 Å². The smallest absolute Gasteiger partial charge is 0.127 e. The standard InChI is InChI=1S/C17H17BrO2/c1-19-12-15-10-14(17(20-2)11-16(15)18)9-8-13-6-4-3-5-7-13/h3-11H,12H2,1-2H3/b9-8-. The van der Waals surface area contributed by atoms with Crippen LogP contribution >= 0.6 is 15.9 Å². The van der Waals surface area contributed by atoms with E-state index in [1.54, 1.807) is 14.2 Å². The number of ether oxygens (including phenoxy) is 2. The van der Waals surface area contributed by atoms with E-state index in [1.165, 1.54) is 0 Å². The average molecular weight is 333 g/mol. The molecule has 104 valence electrons. The molecule has 0 unspecified atom stereocenters. The molecule has 0 N–H and O–H groups in total. The summed E-state index contributed by atoms with van der Waals surface area (Å²) in [5, 5.41) is 0. The van der Waals surface area contributed by atoms with Crippen molar-refractivity contribution in [2.75, 3.05) is 14.2 Å². The van der Waals surface area contributed by atoms with Crippen molar-refractivity contribution in [2.45, 2.75) is 6.61 Å². The zero-order valence-corrected chi connectivity index (χ0v) is 13.2. The molecule has 2 aromatic carbocycles. The second-order valence-electron chi connectivity index (χ2n) is 4.36. The summed E-state index contributed by atoms with van der Waals surface area (Å²) in [5.41, 5.74) is 3.29. The highest BCUT2D eigenvalue weighted by Gasteiger charge is 2.07. The van der Waals surface area contributed by atoms with Crippen molar-refractivity contribution in [1.82, 2.24) is 0 Å². The van der Waals surface area contributed by atoms with Crippen LogP contribution in [0.4, 0.5) is 0 Å². The quantitative estimate of drug-likeness (QED) is 0.734. The van der Waals surface area contributed by atoms with Gasteiger partial charge in [0.1, 0.15) is 5.75 Å². The summed E-state index contributed by atoms with van der Waals surface area (Å²) in [7, 11) is 3.37. The Hall–Kier alpha value is -1.58. The van der Waals surface area contributed by atoms with Crippen molar-refractivity contribution >= 4 is 28.1 Å². The third kappa shape index (κ3) is 3.71. The third-order valence-electron chi connectivity index (χ3n) is 2.95. The Labute approximate surface area is 128 Å². The van der Waals surface area contributed by atoms with Gasteiger partial charge in [-0.15, -0.1) is 0 Å². The minimum atomic E-state index is 0.566. The highest BCUT2D eigenvalue weighted by atomic mass is 79.9. The third-order valence-corrected chi connectivity index (χ3v) is 3.69. The van der Waals surface area contributed by atoms with Crippen LogP contribution in [0.15, 0.2) is 46.9 Å². The van der Waals surface area contributed by atoms with Gasteiger partial charge in [0.15, 0.2) is 0 Å². The number of benzene rings is 2. The lowest BCUT2D eigenvalue weighted by Crippen LogP contribution is -1.94. The molecule has 0 fully saturated rings. The minimum Gasteiger partial charge on any atom is -0.496 e. The molecule has 0 amide bonds. The molecule has 0 bridgehead atoms. The van der Waals surface area contributed by atoms with E-state index in [9.17, 15) is 0 Å². The Bertz CT molecular complexity index is 591. The van der Waals surface area contributed by atoms with Gasteiger partial charge in [0.25, 0.3) is 0 Å². The molecule has 0 saturated carbocycles. The fraction of sp³-hybridized carbons (Fsp3) is 0.176. The van der Waals surface area contributed by atoms with Gasteiger partial charge >= 0.3 is 0 Å². The van der Waals surface area contributed by atoms with Gasteiger partial charge in [-0.25, -0.2) is 0 Å². The minimum absolute atomic E-state index is 0.566. The Balaban J connectivity index is 2.34. The maximum atomic E-state index is 5.43. The molecular formula is C17H17BrO2. The number of rotatable bonds is 5. The molecule has 0 atom stereocenters. The summed E-state index contributed by atoms with van der Waals surface area (Å²) in [5.74, 6) is 0.837. The van der Waals surface area contributed by atoms with Crippen LogP contribution in [0.1, 0.15) is 16.7 Å². The van der Waals surface area contributed by atoms with Crippen molar-refractivity contribution < 1.29 is 9.47 Å². The van der Waals surface area contributed by atoms with Gasteiger partial charge in [-0.2, -0.15) is 0 Å². The SMILES string of the molecule is COCc1cc(/C=C\c2ccccc2)c(OC)cc1Br. The topological polar surface area (TPSA) is 18.5 Å². The highest BCUT2D eigenvalue weighted by molar-refractivity contribution is 9.10. The van der Waals surface area contributed by atoms with Crippen LogP contribution < -0.4 is 4.74 Å². The lowest BCUT2D eigenvalue weighted by molar-refractivity contribution is 0.184. The monoisotopic (exact) mass is 332 g/mol. The average Bonchev–Trinajstić information content (AvgIpc) is 2.48. The molecule has 0 aliphatic heterocycles. The van der Waals surface area contributed by atoms with E-state index in [2.05, 4.69) is 46.3 Å². The summed E-state index contributed by atoms with van der Waals surface area (Å²) < 4.78 is 11.6. The number of halogens is 1. The molecule has 0 radical (unpaired) electrons. The first-order valence-corrected chi connectivity index (χ1v) is 7.12. The van der Waals surface area contributed by atoms with Crippen molar-refractivity contribution in [3.63, 3.8) is 0 Å². The van der Waals surface area contributed by atoms with Crippen LogP contribution in [-0.4, -0.2) is 14.2 Å². The molecule has 0 aromatic heterocycles. The summed E-state index contributed by atoms with van der Waals surface area (Å²) in [6.45, 7) is 0.566. The van der Waals surface area contributed by atoms with Gasteiger partial charge in [0.2, 0.25) is 0 Å². The lowest BCUT2D eigenvalue weighted by Gasteiger charge is -2.10. The summed E-state index contributed by atoms with van der Waals surface area (Å²) in [4.78, 5) is 0. The predicted octanol–water partition coefficient (Wildman–Crippen LogP) is 4.77. The second-order valence-corrected chi connectivity index (χ2v) is 5.22. The van der Waals surface area contributed by atoms with Gasteiger partial charge in [0.05, 0.1) is 13.7 Å². The van der Waals surface area contributed by atoms with Crippen molar-refractivity contribution in [2.24, 2.45) is 0 Å². The summed E-state index contributed by atoms with van der Waals surface area (Å²) >= 11 is 3.54. The van der Waals surface area contributed by atoms with Gasteiger partial charge in [0, 0.05) is 17.1 Å². The molecule has 0 heterocycles. The van der Waals surface area contributed by atoms with E-state index < -0.39 is 0 Å². The first-order chi connectivity index (χ1) is 9.74. The number of methoxy groups -OCH3 is 2. The van der Waals surface area contributed by atoms with Crippen LogP contribution in [0.25, 0.3) is 12.2 Å². The van der Waals surface area contributed by atoms with E-state index in [-0.39, 0.29) is 0 Å². The Morgan fingerprint density at radius 3 is 2.45 bits per heavy atom. The van der Waals surface area contributed by atoms with Gasteiger partial charge in [-0.1, -0.05) is 58.4 Å². The highest BCUT2D eigenvalue weighted by Crippen LogP contribution is 2.29. The van der Waals surface area contributed by atoms with Crippen LogP contribution in [0, 0.1) is 0 Å². The predicted molar refractivity (Wildman–Crippen MR) is 86.8 cm³/mol. The molecule has 0 saturated heterocycles. The largest absolute Gasteiger partial charge is 0.496 e. The van der Waals surface area contributed by atoms with Crippen LogP contribution in [0.5, 0.6) is 5.75 Å². The maximum absolute atomic E-state index is 5.43. The van der Waals surface area contributed by atoms with Crippen molar-refractivity contribution in [3.8, 4) is 5.75 Å². The number of hydrogen-bond donors (Lipinski definition) is 0. The van der Waals surface area contributed by atoms with Crippen molar-refractivity contribution in [3.05, 3.63) is 63.6 Å². The van der Waals surface area contributed by atoms with E-state index in [1.807, 2.05) is 24.3 Å². The molecule has 3 heteroatoms. The molecule has 0 aliphatic carbocycles. The van der Waals surface area contributed by atoms with Gasteiger partial charge in [-0.3, -0.25) is 0 Å². The number of hydrogen-bond acceptors (Lipinski definition) is 2.